The molecule has 0 radical (unpaired) electrons. The van der Waals surface area contributed by atoms with Crippen molar-refractivity contribution in [1.29, 1.82) is 0 Å². The molecule has 0 fully saturated rings. The van der Waals surface area contributed by atoms with Crippen molar-refractivity contribution in [2.24, 2.45) is 0 Å². The summed E-state index contributed by atoms with van der Waals surface area (Å²) in [6, 6.07) is 13.3. The van der Waals surface area contributed by atoms with Gasteiger partial charge in [0.05, 0.1) is 6.42 Å². The van der Waals surface area contributed by atoms with Crippen LogP contribution in [0.25, 0.3) is 0 Å². The fraction of sp³-hybridized carbons (Fsp3) is 0.348. The minimum absolute atomic E-state index is 0.00651. The Morgan fingerprint density at radius 1 is 0.828 bits per heavy atom. The maximum Gasteiger partial charge on any atom is 0.306 e. The minimum atomic E-state index is -0.584. The number of carbonyl (C=O) groups is 3. The maximum absolute atomic E-state index is 12.2. The predicted octanol–water partition coefficient (Wildman–Crippen LogP) is 4.02. The van der Waals surface area contributed by atoms with Gasteiger partial charge in [-0.3, -0.25) is 14.4 Å². The molecule has 2 amide bonds. The number of ether oxygens (including phenoxy) is 1. The number of para-hydroxylation sites is 2. The fourth-order valence-electron chi connectivity index (χ4n) is 2.94. The molecule has 6 nitrogen and oxygen atoms in total. The van der Waals surface area contributed by atoms with E-state index in [-0.39, 0.29) is 25.4 Å². The van der Waals surface area contributed by atoms with Gasteiger partial charge < -0.3 is 15.4 Å². The number of benzene rings is 2. The van der Waals surface area contributed by atoms with Gasteiger partial charge in [0, 0.05) is 17.8 Å². The highest BCUT2D eigenvalue weighted by Gasteiger charge is 2.13. The molecule has 2 rings (SSSR count). The van der Waals surface area contributed by atoms with Gasteiger partial charge in [-0.15, -0.1) is 0 Å². The molecule has 0 unspecified atom stereocenters. The van der Waals surface area contributed by atoms with Crippen LogP contribution in [0, 0.1) is 6.92 Å². The Morgan fingerprint density at radius 2 is 1.48 bits per heavy atom. The van der Waals surface area contributed by atoms with E-state index in [2.05, 4.69) is 10.6 Å². The number of anilines is 2. The van der Waals surface area contributed by atoms with Crippen molar-refractivity contribution in [2.75, 3.05) is 17.2 Å². The first-order valence-corrected chi connectivity index (χ1v) is 9.86. The number of esters is 1. The molecule has 2 N–H and O–H groups in total. The summed E-state index contributed by atoms with van der Waals surface area (Å²) in [5, 5.41) is 5.61. The molecule has 2 aromatic carbocycles. The van der Waals surface area contributed by atoms with Crippen molar-refractivity contribution in [2.45, 2.75) is 46.5 Å². The summed E-state index contributed by atoms with van der Waals surface area (Å²) in [7, 11) is 0. The zero-order chi connectivity index (χ0) is 21.2. The van der Waals surface area contributed by atoms with Crippen LogP contribution in [0.5, 0.6) is 0 Å². The molecular weight excluding hydrogens is 368 g/mol. The Morgan fingerprint density at radius 3 is 2.10 bits per heavy atom. The number of hydrogen-bond donors (Lipinski definition) is 2. The van der Waals surface area contributed by atoms with Crippen LogP contribution in [0.2, 0.25) is 0 Å². The molecule has 0 saturated heterocycles. The molecule has 0 saturated carbocycles. The van der Waals surface area contributed by atoms with E-state index in [1.165, 1.54) is 0 Å². The average molecular weight is 396 g/mol. The molecule has 6 heteroatoms. The van der Waals surface area contributed by atoms with Gasteiger partial charge in [-0.2, -0.15) is 0 Å². The van der Waals surface area contributed by atoms with Gasteiger partial charge in [-0.05, 0) is 42.5 Å². The normalized spacial score (nSPS) is 10.3. The molecule has 0 aliphatic rings. The Labute approximate surface area is 171 Å². The van der Waals surface area contributed by atoms with Crippen LogP contribution in [0.4, 0.5) is 11.4 Å². The number of rotatable bonds is 9. The average Bonchev–Trinajstić information content (AvgIpc) is 2.72. The third-order valence-corrected chi connectivity index (χ3v) is 4.60. The first-order chi connectivity index (χ1) is 13.9. The van der Waals surface area contributed by atoms with Crippen molar-refractivity contribution in [3.05, 3.63) is 59.2 Å². The summed E-state index contributed by atoms with van der Waals surface area (Å²) < 4.78 is 5.02. The Kier molecular flexibility index (Phi) is 8.40. The van der Waals surface area contributed by atoms with Gasteiger partial charge in [0.15, 0.2) is 6.61 Å². The zero-order valence-electron chi connectivity index (χ0n) is 17.2. The van der Waals surface area contributed by atoms with E-state index in [9.17, 15) is 14.4 Å². The second-order valence-corrected chi connectivity index (χ2v) is 6.73. The first-order valence-electron chi connectivity index (χ1n) is 9.86. The van der Waals surface area contributed by atoms with Gasteiger partial charge in [0.1, 0.15) is 0 Å². The van der Waals surface area contributed by atoms with E-state index in [1.54, 1.807) is 6.07 Å². The van der Waals surface area contributed by atoms with Crippen molar-refractivity contribution in [3.8, 4) is 0 Å². The number of carbonyl (C=O) groups excluding carboxylic acids is 3. The smallest absolute Gasteiger partial charge is 0.306 e. The Balaban J connectivity index is 1.78. The molecule has 154 valence electrons. The van der Waals surface area contributed by atoms with Crippen LogP contribution < -0.4 is 10.6 Å². The van der Waals surface area contributed by atoms with Gasteiger partial charge in [-0.1, -0.05) is 50.2 Å². The van der Waals surface area contributed by atoms with Crippen molar-refractivity contribution in [3.63, 3.8) is 0 Å². The molecule has 0 aromatic heterocycles. The van der Waals surface area contributed by atoms with E-state index in [0.29, 0.717) is 5.69 Å². The summed E-state index contributed by atoms with van der Waals surface area (Å²) in [4.78, 5) is 36.1. The summed E-state index contributed by atoms with van der Waals surface area (Å²) in [5.74, 6) is -1.25. The van der Waals surface area contributed by atoms with E-state index in [0.717, 1.165) is 35.2 Å². The second-order valence-electron chi connectivity index (χ2n) is 6.73. The Bertz CT molecular complexity index is 855. The topological polar surface area (TPSA) is 84.5 Å². The summed E-state index contributed by atoms with van der Waals surface area (Å²) in [6.07, 6.45) is 1.49. The van der Waals surface area contributed by atoms with Crippen LogP contribution in [0.3, 0.4) is 0 Å². The van der Waals surface area contributed by atoms with Gasteiger partial charge in [0.25, 0.3) is 5.91 Å². The van der Waals surface area contributed by atoms with Crippen molar-refractivity contribution >= 4 is 29.2 Å². The third-order valence-electron chi connectivity index (χ3n) is 4.60. The van der Waals surface area contributed by atoms with Crippen LogP contribution in [-0.4, -0.2) is 24.4 Å². The zero-order valence-corrected chi connectivity index (χ0v) is 17.2. The molecule has 0 heterocycles. The SMILES string of the molecule is CCc1cccc(CC)c1NC(=O)COC(=O)CCC(=O)Nc1ccccc1C. The van der Waals surface area contributed by atoms with E-state index in [1.807, 2.05) is 57.2 Å². The summed E-state index contributed by atoms with van der Waals surface area (Å²) >= 11 is 0. The molecule has 29 heavy (non-hydrogen) atoms. The number of aryl methyl sites for hydroxylation is 3. The monoisotopic (exact) mass is 396 g/mol. The van der Waals surface area contributed by atoms with Crippen molar-refractivity contribution < 1.29 is 19.1 Å². The minimum Gasteiger partial charge on any atom is -0.456 e. The van der Waals surface area contributed by atoms with E-state index in [4.69, 9.17) is 4.74 Å². The third kappa shape index (κ3) is 6.75. The lowest BCUT2D eigenvalue weighted by Crippen LogP contribution is -2.23. The van der Waals surface area contributed by atoms with Crippen LogP contribution in [0.15, 0.2) is 42.5 Å². The highest BCUT2D eigenvalue weighted by molar-refractivity contribution is 5.95. The summed E-state index contributed by atoms with van der Waals surface area (Å²) in [5.41, 5.74) is 4.52. The quantitative estimate of drug-likeness (QED) is 0.627. The van der Waals surface area contributed by atoms with Crippen molar-refractivity contribution in [1.82, 2.24) is 0 Å². The van der Waals surface area contributed by atoms with Crippen LogP contribution in [-0.2, 0) is 32.0 Å². The Hall–Kier alpha value is -3.15. The maximum atomic E-state index is 12.2. The molecule has 2 aromatic rings. The van der Waals surface area contributed by atoms with Gasteiger partial charge in [0.2, 0.25) is 5.91 Å². The lowest BCUT2D eigenvalue weighted by Gasteiger charge is -2.14. The highest BCUT2D eigenvalue weighted by atomic mass is 16.5. The van der Waals surface area contributed by atoms with Gasteiger partial charge in [-0.25, -0.2) is 0 Å². The molecule has 0 atom stereocenters. The molecular formula is C23H28N2O4. The highest BCUT2D eigenvalue weighted by Crippen LogP contribution is 2.22. The second kappa shape index (κ2) is 11.0. The number of hydrogen-bond acceptors (Lipinski definition) is 4. The molecule has 0 aliphatic carbocycles. The van der Waals surface area contributed by atoms with Crippen LogP contribution >= 0.6 is 0 Å². The van der Waals surface area contributed by atoms with E-state index >= 15 is 0 Å². The lowest BCUT2D eigenvalue weighted by atomic mass is 10.0. The lowest BCUT2D eigenvalue weighted by molar-refractivity contribution is -0.147. The first kappa shape index (κ1) is 22.1. The largest absolute Gasteiger partial charge is 0.456 e. The van der Waals surface area contributed by atoms with Gasteiger partial charge >= 0.3 is 5.97 Å². The standard InChI is InChI=1S/C23H28N2O4/c1-4-17-10-8-11-18(5-2)23(17)25-21(27)15-29-22(28)14-13-20(26)24-19-12-7-6-9-16(19)3/h6-12H,4-5,13-15H2,1-3H3,(H,24,26)(H,25,27). The van der Waals surface area contributed by atoms with Crippen LogP contribution in [0.1, 0.15) is 43.4 Å². The molecule has 0 spiro atoms. The number of amides is 2. The fourth-order valence-corrected chi connectivity index (χ4v) is 2.94. The molecule has 0 bridgehead atoms. The molecule has 0 aliphatic heterocycles. The predicted molar refractivity (Wildman–Crippen MR) is 114 cm³/mol. The summed E-state index contributed by atoms with van der Waals surface area (Å²) in [6.45, 7) is 5.56. The van der Waals surface area contributed by atoms with E-state index < -0.39 is 11.9 Å². The number of nitrogens with one attached hydrogen (secondary N) is 2.